The lowest BCUT2D eigenvalue weighted by atomic mass is 10.3. The van der Waals surface area contributed by atoms with Crippen LogP contribution in [0.3, 0.4) is 0 Å². The van der Waals surface area contributed by atoms with Crippen LogP contribution in [0.1, 0.15) is 0 Å². The molecule has 0 fully saturated rings. The van der Waals surface area contributed by atoms with Gasteiger partial charge in [-0.25, -0.2) is 9.37 Å². The molecule has 1 heterocycles. The van der Waals surface area contributed by atoms with Gasteiger partial charge in [-0.15, -0.1) is 0 Å². The Labute approximate surface area is 95.3 Å². The smallest absolute Gasteiger partial charge is 0.131 e. The van der Waals surface area contributed by atoms with Crippen molar-refractivity contribution < 1.29 is 4.39 Å². The van der Waals surface area contributed by atoms with Crippen LogP contribution in [0.2, 0.25) is 0 Å². The molecule has 15 heavy (non-hydrogen) atoms. The standard InChI is InChI=1S/C11H8BrFN2/c12-10-5-2-6-11(15-10)14-9-4-1-3-8(13)7-9/h1-7H,(H,14,15). The van der Waals surface area contributed by atoms with Gasteiger partial charge in [-0.2, -0.15) is 0 Å². The molecular weight excluding hydrogens is 259 g/mol. The normalized spacial score (nSPS) is 10.0. The molecule has 1 N–H and O–H groups in total. The first-order chi connectivity index (χ1) is 7.24. The van der Waals surface area contributed by atoms with Gasteiger partial charge in [-0.1, -0.05) is 12.1 Å². The Morgan fingerprint density at radius 1 is 1.13 bits per heavy atom. The van der Waals surface area contributed by atoms with E-state index in [0.717, 1.165) is 4.60 Å². The second-order valence-corrected chi connectivity index (χ2v) is 3.79. The van der Waals surface area contributed by atoms with Gasteiger partial charge in [0.05, 0.1) is 0 Å². The highest BCUT2D eigenvalue weighted by Crippen LogP contribution is 2.17. The van der Waals surface area contributed by atoms with Gasteiger partial charge in [0.15, 0.2) is 0 Å². The molecule has 0 amide bonds. The molecule has 2 rings (SSSR count). The average Bonchev–Trinajstić information content (AvgIpc) is 2.17. The Morgan fingerprint density at radius 3 is 2.67 bits per heavy atom. The van der Waals surface area contributed by atoms with E-state index < -0.39 is 0 Å². The minimum atomic E-state index is -0.269. The van der Waals surface area contributed by atoms with E-state index in [1.165, 1.54) is 12.1 Å². The second kappa shape index (κ2) is 4.40. The summed E-state index contributed by atoms with van der Waals surface area (Å²) in [5.41, 5.74) is 0.681. The molecule has 2 aromatic rings. The highest BCUT2D eigenvalue weighted by atomic mass is 79.9. The summed E-state index contributed by atoms with van der Waals surface area (Å²) >= 11 is 3.26. The first kappa shape index (κ1) is 10.1. The Hall–Kier alpha value is -1.42. The zero-order chi connectivity index (χ0) is 10.7. The number of hydrogen-bond donors (Lipinski definition) is 1. The summed E-state index contributed by atoms with van der Waals surface area (Å²) in [6, 6.07) is 11.8. The van der Waals surface area contributed by atoms with E-state index in [1.807, 2.05) is 18.2 Å². The van der Waals surface area contributed by atoms with E-state index in [1.54, 1.807) is 12.1 Å². The van der Waals surface area contributed by atoms with Crippen molar-refractivity contribution in [3.05, 3.63) is 52.9 Å². The van der Waals surface area contributed by atoms with Crippen molar-refractivity contribution in [1.29, 1.82) is 0 Å². The molecule has 0 aliphatic rings. The lowest BCUT2D eigenvalue weighted by Crippen LogP contribution is -1.93. The highest BCUT2D eigenvalue weighted by molar-refractivity contribution is 9.10. The average molecular weight is 267 g/mol. The van der Waals surface area contributed by atoms with Crippen LogP contribution < -0.4 is 5.32 Å². The SMILES string of the molecule is Fc1cccc(Nc2cccc(Br)n2)c1. The number of nitrogens with zero attached hydrogens (tertiary/aromatic N) is 1. The number of hydrogen-bond acceptors (Lipinski definition) is 2. The Bertz CT molecular complexity index is 430. The predicted octanol–water partition coefficient (Wildman–Crippen LogP) is 3.73. The molecule has 0 saturated heterocycles. The minimum absolute atomic E-state index is 0.269. The van der Waals surface area contributed by atoms with Crippen molar-refractivity contribution in [2.24, 2.45) is 0 Å². The third-order valence-corrected chi connectivity index (χ3v) is 2.25. The molecule has 4 heteroatoms. The number of nitrogens with one attached hydrogen (secondary N) is 1. The number of anilines is 2. The molecule has 2 nitrogen and oxygen atoms in total. The van der Waals surface area contributed by atoms with Crippen LogP contribution in [-0.4, -0.2) is 4.98 Å². The molecule has 0 atom stereocenters. The lowest BCUT2D eigenvalue weighted by molar-refractivity contribution is 0.628. The zero-order valence-corrected chi connectivity index (χ0v) is 9.33. The van der Waals surface area contributed by atoms with Gasteiger partial charge in [0.2, 0.25) is 0 Å². The summed E-state index contributed by atoms with van der Waals surface area (Å²) in [4.78, 5) is 4.18. The summed E-state index contributed by atoms with van der Waals surface area (Å²) in [7, 11) is 0. The van der Waals surface area contributed by atoms with Gasteiger partial charge < -0.3 is 5.32 Å². The summed E-state index contributed by atoms with van der Waals surface area (Å²) in [6.07, 6.45) is 0. The van der Waals surface area contributed by atoms with Crippen molar-refractivity contribution in [1.82, 2.24) is 4.98 Å². The van der Waals surface area contributed by atoms with Crippen LogP contribution in [0.4, 0.5) is 15.9 Å². The first-order valence-electron chi connectivity index (χ1n) is 4.39. The van der Waals surface area contributed by atoms with E-state index in [2.05, 4.69) is 26.2 Å². The van der Waals surface area contributed by atoms with Crippen molar-refractivity contribution in [2.45, 2.75) is 0 Å². The van der Waals surface area contributed by atoms with Gasteiger partial charge in [-0.3, -0.25) is 0 Å². The number of pyridine rings is 1. The molecule has 0 spiro atoms. The van der Waals surface area contributed by atoms with Crippen molar-refractivity contribution in [2.75, 3.05) is 5.32 Å². The van der Waals surface area contributed by atoms with Crippen LogP contribution in [-0.2, 0) is 0 Å². The Morgan fingerprint density at radius 2 is 1.93 bits per heavy atom. The quantitative estimate of drug-likeness (QED) is 0.838. The van der Waals surface area contributed by atoms with Crippen LogP contribution in [0.15, 0.2) is 47.1 Å². The van der Waals surface area contributed by atoms with Crippen molar-refractivity contribution in [3.8, 4) is 0 Å². The monoisotopic (exact) mass is 266 g/mol. The maximum Gasteiger partial charge on any atom is 0.131 e. The molecule has 76 valence electrons. The Balaban J connectivity index is 2.22. The minimum Gasteiger partial charge on any atom is -0.340 e. The third-order valence-electron chi connectivity index (χ3n) is 1.81. The van der Waals surface area contributed by atoms with Crippen LogP contribution >= 0.6 is 15.9 Å². The molecule has 0 aliphatic carbocycles. The maximum atomic E-state index is 12.9. The van der Waals surface area contributed by atoms with Crippen LogP contribution in [0.5, 0.6) is 0 Å². The first-order valence-corrected chi connectivity index (χ1v) is 5.18. The maximum absolute atomic E-state index is 12.9. The lowest BCUT2D eigenvalue weighted by Gasteiger charge is -2.05. The molecule has 0 aliphatic heterocycles. The predicted molar refractivity (Wildman–Crippen MR) is 61.6 cm³/mol. The van der Waals surface area contributed by atoms with Gasteiger partial charge in [0.1, 0.15) is 16.2 Å². The number of benzene rings is 1. The fourth-order valence-corrected chi connectivity index (χ4v) is 1.54. The molecule has 1 aromatic heterocycles. The highest BCUT2D eigenvalue weighted by Gasteiger charge is 1.97. The molecular formula is C11H8BrFN2. The molecule has 1 aromatic carbocycles. The van der Waals surface area contributed by atoms with E-state index in [9.17, 15) is 4.39 Å². The molecule has 0 unspecified atom stereocenters. The third kappa shape index (κ3) is 2.76. The number of halogens is 2. The van der Waals surface area contributed by atoms with E-state index in [-0.39, 0.29) is 5.82 Å². The van der Waals surface area contributed by atoms with E-state index >= 15 is 0 Å². The van der Waals surface area contributed by atoms with Crippen LogP contribution in [0.25, 0.3) is 0 Å². The number of aromatic nitrogens is 1. The topological polar surface area (TPSA) is 24.9 Å². The molecule has 0 bridgehead atoms. The zero-order valence-electron chi connectivity index (χ0n) is 7.74. The van der Waals surface area contributed by atoms with Gasteiger partial charge in [0, 0.05) is 5.69 Å². The summed E-state index contributed by atoms with van der Waals surface area (Å²) < 4.78 is 13.6. The van der Waals surface area contributed by atoms with Gasteiger partial charge in [-0.05, 0) is 46.3 Å². The van der Waals surface area contributed by atoms with E-state index in [4.69, 9.17) is 0 Å². The van der Waals surface area contributed by atoms with Gasteiger partial charge >= 0.3 is 0 Å². The fraction of sp³-hybridized carbons (Fsp3) is 0. The van der Waals surface area contributed by atoms with Gasteiger partial charge in [0.25, 0.3) is 0 Å². The Kier molecular flexibility index (Phi) is 2.97. The van der Waals surface area contributed by atoms with Crippen molar-refractivity contribution in [3.63, 3.8) is 0 Å². The summed E-state index contributed by atoms with van der Waals surface area (Å²) in [5, 5.41) is 3.00. The summed E-state index contributed by atoms with van der Waals surface area (Å²) in [6.45, 7) is 0. The van der Waals surface area contributed by atoms with E-state index in [0.29, 0.717) is 11.5 Å². The van der Waals surface area contributed by atoms with Crippen LogP contribution in [0, 0.1) is 5.82 Å². The summed E-state index contributed by atoms with van der Waals surface area (Å²) in [5.74, 6) is 0.407. The van der Waals surface area contributed by atoms with Crippen molar-refractivity contribution >= 4 is 27.4 Å². The fourth-order valence-electron chi connectivity index (χ4n) is 1.19. The number of rotatable bonds is 2. The molecule has 0 radical (unpaired) electrons. The molecule has 0 saturated carbocycles. The largest absolute Gasteiger partial charge is 0.340 e. The second-order valence-electron chi connectivity index (χ2n) is 2.98.